The van der Waals surface area contributed by atoms with Gasteiger partial charge < -0.3 is 4.74 Å². The highest BCUT2D eigenvalue weighted by Crippen LogP contribution is 2.32. The summed E-state index contributed by atoms with van der Waals surface area (Å²) in [7, 11) is 0. The van der Waals surface area contributed by atoms with Gasteiger partial charge in [-0.1, -0.05) is 28.1 Å². The van der Waals surface area contributed by atoms with Crippen LogP contribution in [0.1, 0.15) is 41.4 Å². The van der Waals surface area contributed by atoms with E-state index in [0.717, 1.165) is 4.90 Å². The van der Waals surface area contributed by atoms with Gasteiger partial charge in [0.1, 0.15) is 0 Å². The first kappa shape index (κ1) is 22.0. The number of anilines is 1. The molecule has 1 heterocycles. The summed E-state index contributed by atoms with van der Waals surface area (Å²) >= 11 is 3.27. The third-order valence-electron chi connectivity index (χ3n) is 4.95. The highest BCUT2D eigenvalue weighted by molar-refractivity contribution is 9.10. The van der Waals surface area contributed by atoms with Crippen LogP contribution in [0.2, 0.25) is 0 Å². The molecule has 4 rings (SSSR count). The lowest BCUT2D eigenvalue weighted by Gasteiger charge is -2.17. The minimum absolute atomic E-state index is 0.0348. The van der Waals surface area contributed by atoms with E-state index in [1.54, 1.807) is 12.1 Å². The van der Waals surface area contributed by atoms with Crippen molar-refractivity contribution in [1.29, 1.82) is 0 Å². The Morgan fingerprint density at radius 3 is 2.30 bits per heavy atom. The van der Waals surface area contributed by atoms with Crippen LogP contribution >= 0.6 is 15.9 Å². The number of nitro groups is 1. The number of Topliss-reactive ketones (excluding diaryl/α,β-unsaturated/α-hetero) is 1. The second-order valence-electron chi connectivity index (χ2n) is 6.96. The van der Waals surface area contributed by atoms with Crippen LogP contribution in [0.15, 0.2) is 71.2 Å². The Morgan fingerprint density at radius 2 is 1.61 bits per heavy atom. The van der Waals surface area contributed by atoms with E-state index in [1.165, 1.54) is 54.6 Å². The van der Waals surface area contributed by atoms with Crippen molar-refractivity contribution < 1.29 is 28.8 Å². The van der Waals surface area contributed by atoms with Crippen molar-refractivity contribution in [1.82, 2.24) is 0 Å². The van der Waals surface area contributed by atoms with Crippen molar-refractivity contribution >= 4 is 50.9 Å². The van der Waals surface area contributed by atoms with Gasteiger partial charge in [0.2, 0.25) is 0 Å². The van der Waals surface area contributed by atoms with E-state index < -0.39 is 35.1 Å². The zero-order valence-corrected chi connectivity index (χ0v) is 18.3. The number of fused-ring (bicyclic) bond motifs is 1. The van der Waals surface area contributed by atoms with Crippen LogP contribution in [0, 0.1) is 10.1 Å². The summed E-state index contributed by atoms with van der Waals surface area (Å²) in [4.78, 5) is 61.8. The molecule has 0 unspecified atom stereocenters. The van der Waals surface area contributed by atoms with Crippen LogP contribution in [-0.2, 0) is 4.74 Å². The van der Waals surface area contributed by atoms with E-state index in [1.807, 2.05) is 0 Å². The van der Waals surface area contributed by atoms with Crippen molar-refractivity contribution in [2.45, 2.75) is 0 Å². The molecule has 0 N–H and O–H groups in total. The first-order chi connectivity index (χ1) is 15.8. The summed E-state index contributed by atoms with van der Waals surface area (Å²) in [5, 5.41) is 10.7. The van der Waals surface area contributed by atoms with Gasteiger partial charge in [-0.25, -0.2) is 9.69 Å². The van der Waals surface area contributed by atoms with Crippen molar-refractivity contribution in [3.8, 4) is 0 Å². The molecule has 1 aliphatic rings. The Hall–Kier alpha value is -4.18. The summed E-state index contributed by atoms with van der Waals surface area (Å²) in [5.41, 5.74) is 0.332. The van der Waals surface area contributed by atoms with E-state index in [2.05, 4.69) is 15.9 Å². The van der Waals surface area contributed by atoms with Gasteiger partial charge in [0.25, 0.3) is 17.5 Å². The van der Waals surface area contributed by atoms with Gasteiger partial charge >= 0.3 is 5.97 Å². The summed E-state index contributed by atoms with van der Waals surface area (Å²) in [6, 6.07) is 15.5. The smallest absolute Gasteiger partial charge is 0.340 e. The summed E-state index contributed by atoms with van der Waals surface area (Å²) < 4.78 is 5.74. The third-order valence-corrected chi connectivity index (χ3v) is 5.44. The molecule has 0 radical (unpaired) electrons. The maximum atomic E-state index is 12.9. The average Bonchev–Trinajstić information content (AvgIpc) is 3.06. The number of carbonyl (C=O) groups is 4. The molecule has 164 valence electrons. The third kappa shape index (κ3) is 4.15. The zero-order valence-electron chi connectivity index (χ0n) is 16.7. The Balaban J connectivity index is 1.54. The molecule has 0 saturated carbocycles. The predicted molar refractivity (Wildman–Crippen MR) is 119 cm³/mol. The number of hydrogen-bond acceptors (Lipinski definition) is 7. The highest BCUT2D eigenvalue weighted by atomic mass is 79.9. The minimum atomic E-state index is -0.904. The Kier molecular flexibility index (Phi) is 5.84. The number of benzene rings is 3. The second-order valence-corrected chi connectivity index (χ2v) is 7.87. The van der Waals surface area contributed by atoms with Crippen LogP contribution in [-0.4, -0.2) is 35.1 Å². The molecular weight excluding hydrogens is 496 g/mol. The number of ether oxygens (including phenoxy) is 1. The van der Waals surface area contributed by atoms with Gasteiger partial charge in [0.15, 0.2) is 12.4 Å². The lowest BCUT2D eigenvalue weighted by atomic mass is 10.1. The van der Waals surface area contributed by atoms with Crippen molar-refractivity contribution in [3.63, 3.8) is 0 Å². The lowest BCUT2D eigenvalue weighted by Crippen LogP contribution is -2.31. The molecule has 0 atom stereocenters. The number of carbonyl (C=O) groups excluding carboxylic acids is 4. The molecule has 0 spiro atoms. The average molecular weight is 509 g/mol. The van der Waals surface area contributed by atoms with Gasteiger partial charge in [-0.2, -0.15) is 0 Å². The van der Waals surface area contributed by atoms with E-state index in [0.29, 0.717) is 4.47 Å². The number of para-hydroxylation sites is 1. The molecule has 0 aromatic heterocycles. The predicted octanol–water partition coefficient (Wildman–Crippen LogP) is 4.20. The number of halogens is 1. The number of esters is 1. The van der Waals surface area contributed by atoms with E-state index >= 15 is 0 Å². The monoisotopic (exact) mass is 508 g/mol. The van der Waals surface area contributed by atoms with Gasteiger partial charge in [-0.3, -0.25) is 24.5 Å². The fraction of sp³-hybridized carbons (Fsp3) is 0.0435. The van der Waals surface area contributed by atoms with Crippen LogP contribution in [0.5, 0.6) is 0 Å². The topological polar surface area (TPSA) is 124 Å². The second kappa shape index (κ2) is 8.75. The summed E-state index contributed by atoms with van der Waals surface area (Å²) in [6.07, 6.45) is 0. The van der Waals surface area contributed by atoms with Crippen molar-refractivity contribution in [3.05, 3.63) is 104 Å². The number of nitrogens with zero attached hydrogens (tertiary/aromatic N) is 2. The van der Waals surface area contributed by atoms with Crippen LogP contribution in [0.4, 0.5) is 11.4 Å². The van der Waals surface area contributed by atoms with Gasteiger partial charge in [0, 0.05) is 22.2 Å². The largest absolute Gasteiger partial charge is 0.454 e. The molecule has 0 bridgehead atoms. The molecule has 1 aliphatic heterocycles. The maximum absolute atomic E-state index is 12.9. The maximum Gasteiger partial charge on any atom is 0.340 e. The lowest BCUT2D eigenvalue weighted by molar-refractivity contribution is -0.384. The van der Waals surface area contributed by atoms with Crippen molar-refractivity contribution in [2.24, 2.45) is 0 Å². The number of nitro benzene ring substituents is 1. The molecule has 0 aliphatic carbocycles. The Labute approximate surface area is 194 Å². The standard InChI is InChI=1S/C23H13BrN2O7/c24-14-7-10-16-18(11-14)22(29)25(21(16)28)19-4-2-1-3-17(19)23(30)33-12-20(27)13-5-8-15(9-6-13)26(31)32/h1-11H,12H2. The summed E-state index contributed by atoms with van der Waals surface area (Å²) in [5.74, 6) is -2.64. The van der Waals surface area contributed by atoms with E-state index in [4.69, 9.17) is 4.74 Å². The number of imide groups is 1. The normalized spacial score (nSPS) is 12.5. The van der Waals surface area contributed by atoms with Crippen LogP contribution in [0.25, 0.3) is 0 Å². The SMILES string of the molecule is O=C(COC(=O)c1ccccc1N1C(=O)c2ccc(Br)cc2C1=O)c1ccc([N+](=O)[O-])cc1. The molecule has 3 aromatic carbocycles. The molecule has 0 saturated heterocycles. The molecule has 9 nitrogen and oxygen atoms in total. The van der Waals surface area contributed by atoms with Gasteiger partial charge in [-0.05, 0) is 42.5 Å². The molecular formula is C23H13BrN2O7. The number of non-ortho nitro benzene ring substituents is 1. The highest BCUT2D eigenvalue weighted by Gasteiger charge is 2.38. The quantitative estimate of drug-likeness (QED) is 0.160. The molecule has 33 heavy (non-hydrogen) atoms. The van der Waals surface area contributed by atoms with Crippen molar-refractivity contribution in [2.75, 3.05) is 11.5 Å². The first-order valence-electron chi connectivity index (χ1n) is 9.50. The van der Waals surface area contributed by atoms with Crippen LogP contribution in [0.3, 0.4) is 0 Å². The molecule has 3 aromatic rings. The molecule has 2 amide bonds. The minimum Gasteiger partial charge on any atom is -0.454 e. The van der Waals surface area contributed by atoms with E-state index in [-0.39, 0.29) is 33.6 Å². The Morgan fingerprint density at radius 1 is 0.939 bits per heavy atom. The van der Waals surface area contributed by atoms with Gasteiger partial charge in [-0.15, -0.1) is 0 Å². The van der Waals surface area contributed by atoms with E-state index in [9.17, 15) is 29.3 Å². The fourth-order valence-electron chi connectivity index (χ4n) is 3.33. The number of ketones is 1. The summed E-state index contributed by atoms with van der Waals surface area (Å²) in [6.45, 7) is -0.625. The molecule has 0 fully saturated rings. The number of rotatable bonds is 6. The number of hydrogen-bond donors (Lipinski definition) is 0. The zero-order chi connectivity index (χ0) is 23.7. The fourth-order valence-corrected chi connectivity index (χ4v) is 3.70. The van der Waals surface area contributed by atoms with Crippen LogP contribution < -0.4 is 4.90 Å². The number of amides is 2. The molecule has 10 heteroatoms. The van der Waals surface area contributed by atoms with Gasteiger partial charge in [0.05, 0.1) is 27.3 Å². The first-order valence-corrected chi connectivity index (χ1v) is 10.3. The Bertz CT molecular complexity index is 1330.